The van der Waals surface area contributed by atoms with Crippen molar-refractivity contribution in [3.63, 3.8) is 0 Å². The Hall–Kier alpha value is -1.75. The molecule has 18 heavy (non-hydrogen) atoms. The Bertz CT molecular complexity index is 415. The van der Waals surface area contributed by atoms with Crippen molar-refractivity contribution >= 4 is 5.91 Å². The lowest BCUT2D eigenvalue weighted by Gasteiger charge is -2.31. The van der Waals surface area contributed by atoms with Gasteiger partial charge in [-0.3, -0.25) is 4.79 Å². The van der Waals surface area contributed by atoms with Gasteiger partial charge in [-0.2, -0.15) is 0 Å². The zero-order valence-corrected chi connectivity index (χ0v) is 10.0. The number of hydrogen-bond acceptors (Lipinski definition) is 4. The molecule has 0 heterocycles. The topological polar surface area (TPSA) is 78.8 Å². The third-order valence-corrected chi connectivity index (χ3v) is 3.02. The van der Waals surface area contributed by atoms with Crippen LogP contribution < -0.4 is 10.1 Å². The maximum absolute atomic E-state index is 11.5. The van der Waals surface area contributed by atoms with Crippen molar-refractivity contribution in [1.82, 2.24) is 5.32 Å². The molecule has 1 saturated carbocycles. The molecule has 1 aromatic carbocycles. The molecule has 2 rings (SSSR count). The van der Waals surface area contributed by atoms with Crippen LogP contribution in [0.25, 0.3) is 0 Å². The Kier molecular flexibility index (Phi) is 4.04. The number of carbonyl (C=O) groups excluding carboxylic acids is 1. The molecule has 0 saturated heterocycles. The lowest BCUT2D eigenvalue weighted by molar-refractivity contribution is -0.123. The molecule has 98 valence electrons. The average molecular weight is 251 g/mol. The summed E-state index contributed by atoms with van der Waals surface area (Å²) in [5, 5.41) is 21.3. The first kappa shape index (κ1) is 12.7. The molecule has 1 amide bonds. The highest BCUT2D eigenvalue weighted by Crippen LogP contribution is 2.26. The molecule has 0 bridgehead atoms. The Balaban J connectivity index is 1.67. The molecule has 5 nitrogen and oxygen atoms in total. The molecule has 0 spiro atoms. The Morgan fingerprint density at radius 1 is 1.39 bits per heavy atom. The summed E-state index contributed by atoms with van der Waals surface area (Å²) in [4.78, 5) is 11.5. The Labute approximate surface area is 105 Å². The quantitative estimate of drug-likeness (QED) is 0.718. The molecule has 0 aromatic heterocycles. The van der Waals surface area contributed by atoms with E-state index in [4.69, 9.17) is 9.84 Å². The number of para-hydroxylation sites is 2. The predicted octanol–water partition coefficient (Wildman–Crippen LogP) is 0.658. The summed E-state index contributed by atoms with van der Waals surface area (Å²) in [6, 6.07) is 6.51. The van der Waals surface area contributed by atoms with Gasteiger partial charge in [0.2, 0.25) is 0 Å². The number of carbonyl (C=O) groups is 1. The number of nitrogens with one attached hydrogen (secondary N) is 1. The number of phenols is 1. The maximum Gasteiger partial charge on any atom is 0.257 e. The fraction of sp³-hybridized carbons (Fsp3) is 0.462. The number of hydrogen-bond donors (Lipinski definition) is 3. The van der Waals surface area contributed by atoms with Crippen molar-refractivity contribution in [3.05, 3.63) is 24.3 Å². The van der Waals surface area contributed by atoms with E-state index in [1.54, 1.807) is 18.2 Å². The molecule has 0 unspecified atom stereocenters. The van der Waals surface area contributed by atoms with E-state index < -0.39 is 0 Å². The van der Waals surface area contributed by atoms with E-state index in [0.29, 0.717) is 18.2 Å². The summed E-state index contributed by atoms with van der Waals surface area (Å²) >= 11 is 0. The summed E-state index contributed by atoms with van der Waals surface area (Å²) in [6.07, 6.45) is 1.30. The Morgan fingerprint density at radius 3 is 2.78 bits per heavy atom. The van der Waals surface area contributed by atoms with Gasteiger partial charge in [-0.15, -0.1) is 0 Å². The van der Waals surface area contributed by atoms with E-state index in [9.17, 15) is 9.90 Å². The van der Waals surface area contributed by atoms with Gasteiger partial charge < -0.3 is 20.3 Å². The monoisotopic (exact) mass is 251 g/mol. The van der Waals surface area contributed by atoms with E-state index in [0.717, 1.165) is 12.8 Å². The van der Waals surface area contributed by atoms with E-state index in [1.165, 1.54) is 6.07 Å². The van der Waals surface area contributed by atoms with Gasteiger partial charge in [0.05, 0.1) is 6.10 Å². The minimum Gasteiger partial charge on any atom is -0.504 e. The molecule has 1 aliphatic rings. The fourth-order valence-corrected chi connectivity index (χ4v) is 1.90. The van der Waals surface area contributed by atoms with Gasteiger partial charge in [-0.1, -0.05) is 12.1 Å². The van der Waals surface area contributed by atoms with Crippen molar-refractivity contribution < 1.29 is 19.7 Å². The molecule has 0 aliphatic heterocycles. The summed E-state index contributed by atoms with van der Waals surface area (Å²) < 4.78 is 5.19. The summed E-state index contributed by atoms with van der Waals surface area (Å²) in [5.74, 6) is 0.466. The second-order valence-electron chi connectivity index (χ2n) is 4.55. The molecule has 0 radical (unpaired) electrons. The van der Waals surface area contributed by atoms with Crippen molar-refractivity contribution in [1.29, 1.82) is 0 Å². The average Bonchev–Trinajstić information content (AvgIpc) is 2.32. The number of amides is 1. The van der Waals surface area contributed by atoms with Gasteiger partial charge in [0, 0.05) is 6.54 Å². The maximum atomic E-state index is 11.5. The second kappa shape index (κ2) is 5.73. The second-order valence-corrected chi connectivity index (χ2v) is 4.55. The molecule has 1 aliphatic carbocycles. The number of phenolic OH excluding ortho intramolecular Hbond substituents is 1. The number of benzene rings is 1. The fourth-order valence-electron chi connectivity index (χ4n) is 1.90. The van der Waals surface area contributed by atoms with Gasteiger partial charge in [0.1, 0.15) is 0 Å². The summed E-state index contributed by atoms with van der Waals surface area (Å²) in [6.45, 7) is 0.451. The molecular formula is C13H17NO4. The van der Waals surface area contributed by atoms with E-state index >= 15 is 0 Å². The zero-order chi connectivity index (χ0) is 13.0. The lowest BCUT2D eigenvalue weighted by atomic mass is 9.82. The van der Waals surface area contributed by atoms with Crippen LogP contribution in [0.4, 0.5) is 0 Å². The number of aromatic hydroxyl groups is 1. The van der Waals surface area contributed by atoms with Crippen molar-refractivity contribution in [2.24, 2.45) is 5.92 Å². The van der Waals surface area contributed by atoms with Gasteiger partial charge in [-0.05, 0) is 30.9 Å². The minimum atomic E-state index is -0.223. The largest absolute Gasteiger partial charge is 0.504 e. The van der Waals surface area contributed by atoms with Crippen LogP contribution >= 0.6 is 0 Å². The van der Waals surface area contributed by atoms with Crippen LogP contribution in [0.15, 0.2) is 24.3 Å². The van der Waals surface area contributed by atoms with Crippen LogP contribution in [0.1, 0.15) is 12.8 Å². The van der Waals surface area contributed by atoms with Crippen LogP contribution in [0.3, 0.4) is 0 Å². The zero-order valence-electron chi connectivity index (χ0n) is 10.0. The van der Waals surface area contributed by atoms with Gasteiger partial charge in [0.15, 0.2) is 18.1 Å². The van der Waals surface area contributed by atoms with Gasteiger partial charge in [0.25, 0.3) is 5.91 Å². The number of ether oxygens (including phenoxy) is 1. The summed E-state index contributed by atoms with van der Waals surface area (Å²) in [7, 11) is 0. The lowest BCUT2D eigenvalue weighted by Crippen LogP contribution is -2.39. The Morgan fingerprint density at radius 2 is 2.11 bits per heavy atom. The molecule has 3 N–H and O–H groups in total. The minimum absolute atomic E-state index is 0.0208. The highest BCUT2D eigenvalue weighted by Gasteiger charge is 2.27. The van der Waals surface area contributed by atoms with Crippen LogP contribution in [0, 0.1) is 5.92 Å². The van der Waals surface area contributed by atoms with Crippen LogP contribution in [-0.2, 0) is 4.79 Å². The number of aliphatic hydroxyl groups is 1. The normalized spacial score (nSPS) is 22.1. The van der Waals surface area contributed by atoms with E-state index in [-0.39, 0.29) is 24.4 Å². The molecule has 1 aromatic rings. The van der Waals surface area contributed by atoms with Gasteiger partial charge >= 0.3 is 0 Å². The number of rotatable bonds is 5. The number of aliphatic hydroxyl groups excluding tert-OH is 1. The third-order valence-electron chi connectivity index (χ3n) is 3.02. The van der Waals surface area contributed by atoms with Crippen LogP contribution in [0.5, 0.6) is 11.5 Å². The first-order valence-corrected chi connectivity index (χ1v) is 6.00. The first-order chi connectivity index (χ1) is 8.65. The predicted molar refractivity (Wildman–Crippen MR) is 65.3 cm³/mol. The highest BCUT2D eigenvalue weighted by molar-refractivity contribution is 5.77. The van der Waals surface area contributed by atoms with E-state index in [1.807, 2.05) is 0 Å². The molecule has 5 heteroatoms. The summed E-state index contributed by atoms with van der Waals surface area (Å²) in [5.41, 5.74) is 0. The van der Waals surface area contributed by atoms with Crippen LogP contribution in [0.2, 0.25) is 0 Å². The first-order valence-electron chi connectivity index (χ1n) is 6.00. The third kappa shape index (κ3) is 3.37. The highest BCUT2D eigenvalue weighted by atomic mass is 16.5. The SMILES string of the molecule is O=C(COc1ccccc1O)NCC1CC(O)C1. The van der Waals surface area contributed by atoms with Crippen molar-refractivity contribution in [3.8, 4) is 11.5 Å². The smallest absolute Gasteiger partial charge is 0.257 e. The van der Waals surface area contributed by atoms with E-state index in [2.05, 4.69) is 5.32 Å². The van der Waals surface area contributed by atoms with Crippen molar-refractivity contribution in [2.75, 3.05) is 13.2 Å². The van der Waals surface area contributed by atoms with Crippen LogP contribution in [-0.4, -0.2) is 35.4 Å². The molecule has 0 atom stereocenters. The molecular weight excluding hydrogens is 234 g/mol. The molecule has 1 fully saturated rings. The van der Waals surface area contributed by atoms with Gasteiger partial charge in [-0.25, -0.2) is 0 Å². The van der Waals surface area contributed by atoms with Crippen molar-refractivity contribution in [2.45, 2.75) is 18.9 Å². The standard InChI is InChI=1S/C13H17NO4/c15-10-5-9(6-10)7-14-13(17)8-18-12-4-2-1-3-11(12)16/h1-4,9-10,15-16H,5-8H2,(H,14,17).